The predicted octanol–water partition coefficient (Wildman–Crippen LogP) is 2.69. The van der Waals surface area contributed by atoms with Crippen LogP contribution >= 0.6 is 0 Å². The van der Waals surface area contributed by atoms with Gasteiger partial charge in [0.05, 0.1) is 11.4 Å². The molecule has 0 bridgehead atoms. The number of anilines is 2. The van der Waals surface area contributed by atoms with Crippen molar-refractivity contribution in [2.24, 2.45) is 0 Å². The minimum absolute atomic E-state index is 0.290. The van der Waals surface area contributed by atoms with Crippen molar-refractivity contribution in [3.63, 3.8) is 0 Å². The number of nitrogens with one attached hydrogen (secondary N) is 1. The van der Waals surface area contributed by atoms with Crippen LogP contribution in [0.2, 0.25) is 0 Å². The molecule has 1 aromatic rings. The summed E-state index contributed by atoms with van der Waals surface area (Å²) in [6, 6.07) is 4.97. The Morgan fingerprint density at radius 2 is 2.06 bits per heavy atom. The van der Waals surface area contributed by atoms with Gasteiger partial charge in [-0.2, -0.15) is 0 Å². The Morgan fingerprint density at radius 3 is 2.72 bits per heavy atom. The molecular weight excluding hydrogens is 229 g/mol. The summed E-state index contributed by atoms with van der Waals surface area (Å²) in [4.78, 5) is 2.50. The maximum Gasteiger partial charge on any atom is 0.125 e. The molecule has 0 spiro atoms. The fourth-order valence-electron chi connectivity index (χ4n) is 2.44. The van der Waals surface area contributed by atoms with E-state index in [-0.39, 0.29) is 5.82 Å². The van der Waals surface area contributed by atoms with Gasteiger partial charge in [-0.15, -0.1) is 0 Å². The van der Waals surface area contributed by atoms with Crippen molar-refractivity contribution >= 4 is 11.4 Å². The number of nitrogens with two attached hydrogens (primary N) is 1. The fourth-order valence-corrected chi connectivity index (χ4v) is 2.44. The molecule has 3 N–H and O–H groups in total. The Hall–Kier alpha value is -1.29. The van der Waals surface area contributed by atoms with Crippen LogP contribution < -0.4 is 11.1 Å². The van der Waals surface area contributed by atoms with Crippen molar-refractivity contribution in [1.29, 1.82) is 0 Å². The van der Waals surface area contributed by atoms with Gasteiger partial charge in [0.25, 0.3) is 0 Å². The van der Waals surface area contributed by atoms with Crippen LogP contribution in [0.3, 0.4) is 0 Å². The maximum atomic E-state index is 12.9. The molecule has 0 radical (unpaired) electrons. The molecule has 2 rings (SSSR count). The first-order valence-corrected chi connectivity index (χ1v) is 6.70. The van der Waals surface area contributed by atoms with Crippen molar-refractivity contribution in [3.8, 4) is 0 Å². The monoisotopic (exact) mass is 251 g/mol. The van der Waals surface area contributed by atoms with Crippen molar-refractivity contribution in [3.05, 3.63) is 24.0 Å². The minimum atomic E-state index is -0.290. The summed E-state index contributed by atoms with van der Waals surface area (Å²) in [6.45, 7) is 5.43. The van der Waals surface area contributed by atoms with Crippen LogP contribution in [-0.2, 0) is 0 Å². The lowest BCUT2D eigenvalue weighted by Crippen LogP contribution is -2.41. The second-order valence-corrected chi connectivity index (χ2v) is 5.06. The summed E-state index contributed by atoms with van der Waals surface area (Å²) in [5.74, 6) is -0.290. The SMILES string of the molecule is CC(CNc1ccc(F)cc1N)N1CCCCC1. The number of likely N-dealkylation sites (tertiary alicyclic amines) is 1. The van der Waals surface area contributed by atoms with Gasteiger partial charge in [0.1, 0.15) is 5.82 Å². The summed E-state index contributed by atoms with van der Waals surface area (Å²) >= 11 is 0. The summed E-state index contributed by atoms with van der Waals surface area (Å²) in [5, 5.41) is 3.30. The quantitative estimate of drug-likeness (QED) is 0.808. The lowest BCUT2D eigenvalue weighted by molar-refractivity contribution is 0.180. The first-order chi connectivity index (χ1) is 8.66. The van der Waals surface area contributed by atoms with Gasteiger partial charge in [-0.3, -0.25) is 4.90 Å². The third-order valence-corrected chi connectivity index (χ3v) is 3.62. The molecule has 1 aliphatic rings. The van der Waals surface area contributed by atoms with Gasteiger partial charge in [0.15, 0.2) is 0 Å². The molecule has 1 unspecified atom stereocenters. The number of benzene rings is 1. The molecule has 1 aromatic carbocycles. The van der Waals surface area contributed by atoms with E-state index in [9.17, 15) is 4.39 Å². The smallest absolute Gasteiger partial charge is 0.125 e. The second-order valence-electron chi connectivity index (χ2n) is 5.06. The van der Waals surface area contributed by atoms with Crippen LogP contribution in [0.15, 0.2) is 18.2 Å². The molecule has 4 heteroatoms. The van der Waals surface area contributed by atoms with E-state index in [1.807, 2.05) is 0 Å². The van der Waals surface area contributed by atoms with Crippen LogP contribution in [0.4, 0.5) is 15.8 Å². The highest BCUT2D eigenvalue weighted by atomic mass is 19.1. The normalized spacial score (nSPS) is 18.6. The predicted molar refractivity (Wildman–Crippen MR) is 74.2 cm³/mol. The highest BCUT2D eigenvalue weighted by Gasteiger charge is 2.16. The zero-order chi connectivity index (χ0) is 13.0. The van der Waals surface area contributed by atoms with Crippen molar-refractivity contribution < 1.29 is 4.39 Å². The maximum absolute atomic E-state index is 12.9. The Morgan fingerprint density at radius 1 is 1.33 bits per heavy atom. The largest absolute Gasteiger partial charge is 0.397 e. The lowest BCUT2D eigenvalue weighted by atomic mass is 10.1. The van der Waals surface area contributed by atoms with Crippen LogP contribution in [-0.4, -0.2) is 30.6 Å². The van der Waals surface area contributed by atoms with Crippen molar-refractivity contribution in [2.75, 3.05) is 30.7 Å². The lowest BCUT2D eigenvalue weighted by Gasteiger charge is -2.32. The molecule has 1 fully saturated rings. The van der Waals surface area contributed by atoms with E-state index in [0.29, 0.717) is 11.7 Å². The highest BCUT2D eigenvalue weighted by Crippen LogP contribution is 2.19. The van der Waals surface area contributed by atoms with Crippen LogP contribution in [0.25, 0.3) is 0 Å². The summed E-state index contributed by atoms with van der Waals surface area (Å²) < 4.78 is 12.9. The number of nitrogen functional groups attached to an aromatic ring is 1. The zero-order valence-electron chi connectivity index (χ0n) is 11.0. The number of nitrogens with zero attached hydrogens (tertiary/aromatic N) is 1. The summed E-state index contributed by atoms with van der Waals surface area (Å²) in [7, 11) is 0. The third kappa shape index (κ3) is 3.35. The molecule has 0 saturated carbocycles. The van der Waals surface area contributed by atoms with Crippen molar-refractivity contribution in [1.82, 2.24) is 4.90 Å². The first-order valence-electron chi connectivity index (χ1n) is 6.70. The topological polar surface area (TPSA) is 41.3 Å². The third-order valence-electron chi connectivity index (χ3n) is 3.62. The molecule has 1 aliphatic heterocycles. The van der Waals surface area contributed by atoms with Gasteiger partial charge in [-0.05, 0) is 51.1 Å². The average molecular weight is 251 g/mol. The fraction of sp³-hybridized carbons (Fsp3) is 0.571. The second kappa shape index (κ2) is 6.05. The first kappa shape index (κ1) is 13.1. The van der Waals surface area contributed by atoms with E-state index >= 15 is 0 Å². The van der Waals surface area contributed by atoms with E-state index in [1.54, 1.807) is 6.07 Å². The van der Waals surface area contributed by atoms with Gasteiger partial charge in [-0.25, -0.2) is 4.39 Å². The number of halogens is 1. The van der Waals surface area contributed by atoms with Crippen LogP contribution in [0.5, 0.6) is 0 Å². The minimum Gasteiger partial charge on any atom is -0.397 e. The summed E-state index contributed by atoms with van der Waals surface area (Å²) in [6.07, 6.45) is 3.94. The van der Waals surface area contributed by atoms with Gasteiger partial charge < -0.3 is 11.1 Å². The van der Waals surface area contributed by atoms with E-state index < -0.39 is 0 Å². The number of hydrogen-bond donors (Lipinski definition) is 2. The van der Waals surface area contributed by atoms with E-state index in [4.69, 9.17) is 5.73 Å². The van der Waals surface area contributed by atoms with E-state index in [2.05, 4.69) is 17.1 Å². The molecule has 18 heavy (non-hydrogen) atoms. The summed E-state index contributed by atoms with van der Waals surface area (Å²) in [5.41, 5.74) is 7.06. The van der Waals surface area contributed by atoms with Crippen LogP contribution in [0, 0.1) is 5.82 Å². The van der Waals surface area contributed by atoms with Gasteiger partial charge >= 0.3 is 0 Å². The van der Waals surface area contributed by atoms with Gasteiger partial charge in [0, 0.05) is 12.6 Å². The Kier molecular flexibility index (Phi) is 4.42. The van der Waals surface area contributed by atoms with Crippen LogP contribution in [0.1, 0.15) is 26.2 Å². The van der Waals surface area contributed by atoms with Crippen molar-refractivity contribution in [2.45, 2.75) is 32.2 Å². The molecule has 1 heterocycles. The van der Waals surface area contributed by atoms with Gasteiger partial charge in [0.2, 0.25) is 0 Å². The molecule has 0 aliphatic carbocycles. The van der Waals surface area contributed by atoms with E-state index in [0.717, 1.165) is 12.2 Å². The Balaban J connectivity index is 1.86. The Labute approximate surface area is 108 Å². The molecule has 100 valence electrons. The molecule has 3 nitrogen and oxygen atoms in total. The van der Waals surface area contributed by atoms with E-state index in [1.165, 1.54) is 44.5 Å². The van der Waals surface area contributed by atoms with Gasteiger partial charge in [-0.1, -0.05) is 6.42 Å². The molecule has 1 saturated heterocycles. The Bertz CT molecular complexity index is 389. The standard InChI is InChI=1S/C14H22FN3/c1-11(18-7-3-2-4-8-18)10-17-14-6-5-12(15)9-13(14)16/h5-6,9,11,17H,2-4,7-8,10,16H2,1H3. The number of piperidine rings is 1. The molecule has 0 amide bonds. The zero-order valence-corrected chi connectivity index (χ0v) is 11.0. The molecule has 1 atom stereocenters. The number of rotatable bonds is 4. The molecular formula is C14H22FN3. The highest BCUT2D eigenvalue weighted by molar-refractivity contribution is 5.65. The number of hydrogen-bond acceptors (Lipinski definition) is 3. The average Bonchev–Trinajstić information content (AvgIpc) is 2.38. The molecule has 0 aromatic heterocycles.